The van der Waals surface area contributed by atoms with Crippen LogP contribution in [0.5, 0.6) is 0 Å². The van der Waals surface area contributed by atoms with Crippen molar-refractivity contribution < 1.29 is 0 Å². The largest absolute Gasteiger partial charge is 0.308 e. The smallest absolute Gasteiger partial charge is 0.0626 e. The Hall–Kier alpha value is -5.60. The normalized spacial score (nSPS) is 15.7. The summed E-state index contributed by atoms with van der Waals surface area (Å²) in [5.74, 6) is 0.430. The number of nitrogens with zero attached hydrogens (tertiary/aromatic N) is 2. The van der Waals surface area contributed by atoms with Gasteiger partial charge in [-0.2, -0.15) is 0 Å². The van der Waals surface area contributed by atoms with E-state index in [0.717, 1.165) is 6.42 Å². The van der Waals surface area contributed by atoms with E-state index in [0.29, 0.717) is 5.92 Å². The molecule has 4 heterocycles. The molecular weight excluding hydrogens is 532 g/mol. The van der Waals surface area contributed by atoms with Crippen LogP contribution in [0.25, 0.3) is 87.3 Å². The van der Waals surface area contributed by atoms with Crippen molar-refractivity contribution in [2.45, 2.75) is 12.3 Å². The van der Waals surface area contributed by atoms with Gasteiger partial charge in [-0.25, -0.2) is 0 Å². The molecule has 204 valence electrons. The summed E-state index contributed by atoms with van der Waals surface area (Å²) in [6.45, 7) is 0. The molecule has 0 saturated carbocycles. The van der Waals surface area contributed by atoms with E-state index >= 15 is 0 Å². The standard InChI is InChI=1S/C42H26N2/c1-2-10-25(11-3-1)26-18-23-38-34(24-26)31-22-20-29(40-33-14-6-9-17-37(33)44(38)42(31)40)28-19-21-30-27-12-4-7-15-35(27)43-36-16-8-5-13-32(36)39(28)41(30)43/h1-10,12-25H,11H2. The molecule has 2 nitrogen and oxygen atoms in total. The predicted octanol–water partition coefficient (Wildman–Crippen LogP) is 11.3. The molecule has 1 atom stereocenters. The summed E-state index contributed by atoms with van der Waals surface area (Å²) in [6.07, 6.45) is 10.0. The maximum atomic E-state index is 2.52. The minimum atomic E-state index is 0.430. The molecular formula is C42H26N2. The molecule has 0 bridgehead atoms. The van der Waals surface area contributed by atoms with E-state index in [1.165, 1.54) is 92.9 Å². The Kier molecular flexibility index (Phi) is 4.20. The zero-order valence-corrected chi connectivity index (χ0v) is 24.0. The summed E-state index contributed by atoms with van der Waals surface area (Å²) in [4.78, 5) is 0. The minimum Gasteiger partial charge on any atom is -0.308 e. The maximum absolute atomic E-state index is 2.52. The Balaban J connectivity index is 1.30. The van der Waals surface area contributed by atoms with Crippen molar-refractivity contribution >= 4 is 76.2 Å². The van der Waals surface area contributed by atoms with Gasteiger partial charge in [0.2, 0.25) is 0 Å². The average Bonchev–Trinajstić information content (AvgIpc) is 3.82. The zero-order valence-electron chi connectivity index (χ0n) is 24.0. The van der Waals surface area contributed by atoms with Crippen molar-refractivity contribution in [2.24, 2.45) is 0 Å². The molecule has 1 aliphatic rings. The molecule has 1 aliphatic carbocycles. The summed E-state index contributed by atoms with van der Waals surface area (Å²) in [5, 5.41) is 10.6. The molecule has 11 rings (SSSR count). The van der Waals surface area contributed by atoms with Gasteiger partial charge < -0.3 is 8.80 Å². The van der Waals surface area contributed by atoms with Gasteiger partial charge in [-0.15, -0.1) is 0 Å². The number of rotatable bonds is 2. The molecule has 6 aromatic carbocycles. The van der Waals surface area contributed by atoms with Gasteiger partial charge in [0, 0.05) is 49.0 Å². The van der Waals surface area contributed by atoms with Gasteiger partial charge in [-0.1, -0.05) is 109 Å². The lowest BCUT2D eigenvalue weighted by molar-refractivity contribution is 0.855. The van der Waals surface area contributed by atoms with E-state index in [1.54, 1.807) is 0 Å². The van der Waals surface area contributed by atoms with Crippen molar-refractivity contribution in [1.82, 2.24) is 8.80 Å². The number of fused-ring (bicyclic) bond motifs is 12. The van der Waals surface area contributed by atoms with Crippen LogP contribution in [0.15, 0.2) is 140 Å². The first kappa shape index (κ1) is 22.9. The molecule has 0 radical (unpaired) electrons. The maximum Gasteiger partial charge on any atom is 0.0626 e. The fourth-order valence-corrected chi connectivity index (χ4v) is 8.50. The average molecular weight is 559 g/mol. The number of allylic oxidation sites excluding steroid dienone is 4. The minimum absolute atomic E-state index is 0.430. The van der Waals surface area contributed by atoms with E-state index in [1.807, 2.05) is 0 Å². The van der Waals surface area contributed by atoms with Crippen LogP contribution in [0.4, 0.5) is 0 Å². The first-order valence-corrected chi connectivity index (χ1v) is 15.6. The molecule has 4 aromatic heterocycles. The molecule has 0 spiro atoms. The van der Waals surface area contributed by atoms with Gasteiger partial charge in [0.05, 0.1) is 33.1 Å². The zero-order chi connectivity index (χ0) is 28.5. The van der Waals surface area contributed by atoms with Gasteiger partial charge >= 0.3 is 0 Å². The van der Waals surface area contributed by atoms with Gasteiger partial charge in [0.25, 0.3) is 0 Å². The fraction of sp³-hybridized carbons (Fsp3) is 0.0476. The van der Waals surface area contributed by atoms with Crippen LogP contribution >= 0.6 is 0 Å². The van der Waals surface area contributed by atoms with Gasteiger partial charge in [-0.05, 0) is 53.4 Å². The second kappa shape index (κ2) is 8.06. The second-order valence-corrected chi connectivity index (χ2v) is 12.4. The van der Waals surface area contributed by atoms with Crippen LogP contribution < -0.4 is 0 Å². The fourth-order valence-electron chi connectivity index (χ4n) is 8.50. The first-order chi connectivity index (χ1) is 21.9. The number of aromatic nitrogens is 2. The van der Waals surface area contributed by atoms with Crippen LogP contribution in [-0.4, -0.2) is 8.80 Å². The van der Waals surface area contributed by atoms with E-state index in [-0.39, 0.29) is 0 Å². The van der Waals surface area contributed by atoms with E-state index in [9.17, 15) is 0 Å². The van der Waals surface area contributed by atoms with Gasteiger partial charge in [-0.3, -0.25) is 0 Å². The molecule has 0 aliphatic heterocycles. The number of hydrogen-bond acceptors (Lipinski definition) is 0. The number of hydrogen-bond donors (Lipinski definition) is 0. The third-order valence-electron chi connectivity index (χ3n) is 10.3. The Morgan fingerprint density at radius 3 is 1.61 bits per heavy atom. The Morgan fingerprint density at radius 1 is 0.455 bits per heavy atom. The molecule has 0 amide bonds. The van der Waals surface area contributed by atoms with Crippen LogP contribution in [-0.2, 0) is 0 Å². The lowest BCUT2D eigenvalue weighted by Crippen LogP contribution is -1.95. The quantitative estimate of drug-likeness (QED) is 0.200. The van der Waals surface area contributed by atoms with Crippen LogP contribution in [0.3, 0.4) is 0 Å². The number of benzene rings is 6. The van der Waals surface area contributed by atoms with Crippen LogP contribution in [0.2, 0.25) is 0 Å². The SMILES string of the molecule is C1=CCC(c2ccc3c(c2)c2ccc(-c4ccc5c6ccccc6n6c7ccccc7c4c56)c4c5ccccc5n3c24)C=C1. The van der Waals surface area contributed by atoms with Crippen molar-refractivity contribution in [1.29, 1.82) is 0 Å². The van der Waals surface area contributed by atoms with Crippen molar-refractivity contribution in [3.8, 4) is 11.1 Å². The molecule has 0 saturated heterocycles. The first-order valence-electron chi connectivity index (χ1n) is 15.6. The molecule has 10 aromatic rings. The van der Waals surface area contributed by atoms with Crippen molar-refractivity contribution in [2.75, 3.05) is 0 Å². The lowest BCUT2D eigenvalue weighted by Gasteiger charge is -2.13. The number of para-hydroxylation sites is 3. The third-order valence-corrected chi connectivity index (χ3v) is 10.3. The van der Waals surface area contributed by atoms with E-state index < -0.39 is 0 Å². The molecule has 44 heavy (non-hydrogen) atoms. The van der Waals surface area contributed by atoms with Gasteiger partial charge in [0.1, 0.15) is 0 Å². The second-order valence-electron chi connectivity index (χ2n) is 12.4. The lowest BCUT2D eigenvalue weighted by atomic mass is 9.90. The summed E-state index contributed by atoms with van der Waals surface area (Å²) in [5.41, 5.74) is 11.7. The Labute approximate surface area is 253 Å². The molecule has 0 fully saturated rings. The Bertz CT molecular complexity index is 2860. The summed E-state index contributed by atoms with van der Waals surface area (Å²) in [6, 6.07) is 43.4. The Morgan fingerprint density at radius 2 is 1.00 bits per heavy atom. The van der Waals surface area contributed by atoms with E-state index in [4.69, 9.17) is 0 Å². The highest BCUT2D eigenvalue weighted by atomic mass is 14.9. The molecule has 2 heteroatoms. The molecule has 0 N–H and O–H groups in total. The monoisotopic (exact) mass is 558 g/mol. The summed E-state index contributed by atoms with van der Waals surface area (Å²) in [7, 11) is 0. The highest BCUT2D eigenvalue weighted by Gasteiger charge is 2.25. The van der Waals surface area contributed by atoms with Crippen molar-refractivity contribution in [3.63, 3.8) is 0 Å². The predicted molar refractivity (Wildman–Crippen MR) is 187 cm³/mol. The van der Waals surface area contributed by atoms with Crippen LogP contribution in [0.1, 0.15) is 17.9 Å². The van der Waals surface area contributed by atoms with Crippen molar-refractivity contribution in [3.05, 3.63) is 145 Å². The third kappa shape index (κ3) is 2.68. The highest BCUT2D eigenvalue weighted by molar-refractivity contribution is 6.31. The van der Waals surface area contributed by atoms with Crippen LogP contribution in [0, 0.1) is 0 Å². The molecule has 1 unspecified atom stereocenters. The summed E-state index contributed by atoms with van der Waals surface area (Å²) < 4.78 is 5.00. The summed E-state index contributed by atoms with van der Waals surface area (Å²) >= 11 is 0. The van der Waals surface area contributed by atoms with E-state index in [2.05, 4.69) is 148 Å². The van der Waals surface area contributed by atoms with Gasteiger partial charge in [0.15, 0.2) is 0 Å². The topological polar surface area (TPSA) is 8.82 Å². The highest BCUT2D eigenvalue weighted by Crippen LogP contribution is 2.48.